The first-order valence-electron chi connectivity index (χ1n) is 8.49. The van der Waals surface area contributed by atoms with Gasteiger partial charge in [-0.2, -0.15) is 0 Å². The molecule has 4 amide bonds. The molecule has 0 bridgehead atoms. The minimum atomic E-state index is -1.19. The molecule has 3 rings (SSSR count). The topological polar surface area (TPSA) is 87.7 Å². The number of urea groups is 1. The fraction of sp³-hybridized carbons (Fsp3) is 0.250. The van der Waals surface area contributed by atoms with Crippen LogP contribution in [-0.4, -0.2) is 36.4 Å². The second-order valence-electron chi connectivity index (χ2n) is 6.56. The summed E-state index contributed by atoms with van der Waals surface area (Å²) in [6.07, 6.45) is 0. The van der Waals surface area contributed by atoms with Gasteiger partial charge < -0.3 is 15.4 Å². The first-order chi connectivity index (χ1) is 12.8. The Morgan fingerprint density at radius 1 is 1.19 bits per heavy atom. The lowest BCUT2D eigenvalue weighted by Gasteiger charge is -2.22. The third-order valence-corrected chi connectivity index (χ3v) is 4.56. The number of rotatable bonds is 5. The van der Waals surface area contributed by atoms with Crippen LogP contribution in [0.1, 0.15) is 18.1 Å². The Morgan fingerprint density at radius 3 is 2.56 bits per heavy atom. The van der Waals surface area contributed by atoms with E-state index in [1.807, 2.05) is 19.1 Å². The van der Waals surface area contributed by atoms with Gasteiger partial charge in [-0.05, 0) is 37.1 Å². The van der Waals surface area contributed by atoms with E-state index < -0.39 is 23.4 Å². The van der Waals surface area contributed by atoms with Crippen LogP contribution >= 0.6 is 0 Å². The first-order valence-corrected chi connectivity index (χ1v) is 8.49. The zero-order chi connectivity index (χ0) is 19.6. The van der Waals surface area contributed by atoms with Crippen molar-refractivity contribution in [2.45, 2.75) is 19.4 Å². The number of benzene rings is 2. The number of hydrogen-bond acceptors (Lipinski definition) is 4. The summed E-state index contributed by atoms with van der Waals surface area (Å²) in [7, 11) is 1.50. The van der Waals surface area contributed by atoms with Crippen molar-refractivity contribution in [1.29, 1.82) is 0 Å². The maximum atomic E-state index is 12.8. The molecule has 1 aliphatic heterocycles. The van der Waals surface area contributed by atoms with Crippen molar-refractivity contribution in [2.75, 3.05) is 19.0 Å². The molecule has 1 saturated heterocycles. The number of carbonyl (C=O) groups excluding carboxylic acids is 3. The van der Waals surface area contributed by atoms with Crippen LogP contribution in [0.5, 0.6) is 5.75 Å². The number of imide groups is 1. The quantitative estimate of drug-likeness (QED) is 0.795. The lowest BCUT2D eigenvalue weighted by molar-refractivity contribution is -0.133. The highest BCUT2D eigenvalue weighted by molar-refractivity contribution is 6.10. The van der Waals surface area contributed by atoms with E-state index in [1.165, 1.54) is 7.11 Å². The van der Waals surface area contributed by atoms with Gasteiger partial charge in [0.05, 0.1) is 12.8 Å². The molecular formula is C20H21N3O4. The predicted molar refractivity (Wildman–Crippen MR) is 100 cm³/mol. The van der Waals surface area contributed by atoms with Gasteiger partial charge in [0.25, 0.3) is 5.91 Å². The number of methoxy groups -OCH3 is 1. The summed E-state index contributed by atoms with van der Waals surface area (Å²) >= 11 is 0. The van der Waals surface area contributed by atoms with E-state index in [-0.39, 0.29) is 6.54 Å². The Balaban J connectivity index is 1.76. The largest absolute Gasteiger partial charge is 0.495 e. The summed E-state index contributed by atoms with van der Waals surface area (Å²) in [6.45, 7) is 3.13. The maximum Gasteiger partial charge on any atom is 0.325 e. The standard InChI is InChI=1S/C20H21N3O4/c1-13-9-10-16(27-3)15(11-13)21-17(24)12-23-18(25)20(2,22-19(23)26)14-7-5-4-6-8-14/h4-11H,12H2,1-3H3,(H,21,24)(H,22,26)/t20-/m0/s1. The van der Waals surface area contributed by atoms with Crippen LogP contribution in [0.3, 0.4) is 0 Å². The van der Waals surface area contributed by atoms with Crippen molar-refractivity contribution in [3.8, 4) is 5.75 Å². The molecule has 1 fully saturated rings. The van der Waals surface area contributed by atoms with Crippen LogP contribution in [-0.2, 0) is 15.1 Å². The Bertz CT molecular complexity index is 897. The van der Waals surface area contributed by atoms with E-state index in [0.717, 1.165) is 10.5 Å². The van der Waals surface area contributed by atoms with Crippen molar-refractivity contribution < 1.29 is 19.1 Å². The third-order valence-electron chi connectivity index (χ3n) is 4.56. The van der Waals surface area contributed by atoms with Crippen LogP contribution in [0.25, 0.3) is 0 Å². The number of ether oxygens (including phenoxy) is 1. The smallest absolute Gasteiger partial charge is 0.325 e. The number of amides is 4. The predicted octanol–water partition coefficient (Wildman–Crippen LogP) is 2.41. The Hall–Kier alpha value is -3.35. The minimum Gasteiger partial charge on any atom is -0.495 e. The zero-order valence-corrected chi connectivity index (χ0v) is 15.4. The summed E-state index contributed by atoms with van der Waals surface area (Å²) in [5.74, 6) is -0.454. The number of carbonyl (C=O) groups is 3. The highest BCUT2D eigenvalue weighted by Crippen LogP contribution is 2.29. The van der Waals surface area contributed by atoms with Gasteiger partial charge in [-0.1, -0.05) is 36.4 Å². The summed E-state index contributed by atoms with van der Waals surface area (Å²) in [5.41, 5.74) is 0.893. The number of nitrogens with one attached hydrogen (secondary N) is 2. The van der Waals surface area contributed by atoms with E-state index in [2.05, 4.69) is 10.6 Å². The highest BCUT2D eigenvalue weighted by Gasteiger charge is 2.49. The molecule has 7 heteroatoms. The number of hydrogen-bond donors (Lipinski definition) is 2. The molecule has 0 radical (unpaired) electrons. The SMILES string of the molecule is COc1ccc(C)cc1NC(=O)CN1C(=O)N[C@@](C)(c2ccccc2)C1=O. The van der Waals surface area contributed by atoms with Gasteiger partial charge in [-0.25, -0.2) is 4.79 Å². The molecule has 1 aliphatic rings. The fourth-order valence-corrected chi connectivity index (χ4v) is 3.06. The summed E-state index contributed by atoms with van der Waals surface area (Å²) in [6, 6.07) is 13.7. The number of nitrogens with zero attached hydrogens (tertiary/aromatic N) is 1. The zero-order valence-electron chi connectivity index (χ0n) is 15.4. The lowest BCUT2D eigenvalue weighted by Crippen LogP contribution is -2.42. The average Bonchev–Trinajstić information content (AvgIpc) is 2.87. The Kier molecular flexibility index (Phi) is 4.85. The van der Waals surface area contributed by atoms with Gasteiger partial charge >= 0.3 is 6.03 Å². The van der Waals surface area contributed by atoms with Gasteiger partial charge in [0, 0.05) is 0 Å². The molecule has 7 nitrogen and oxygen atoms in total. The van der Waals surface area contributed by atoms with Crippen molar-refractivity contribution in [3.05, 3.63) is 59.7 Å². The molecule has 0 spiro atoms. The lowest BCUT2D eigenvalue weighted by atomic mass is 9.92. The van der Waals surface area contributed by atoms with E-state index in [0.29, 0.717) is 17.0 Å². The third kappa shape index (κ3) is 3.48. The maximum absolute atomic E-state index is 12.8. The van der Waals surface area contributed by atoms with E-state index in [4.69, 9.17) is 4.74 Å². The van der Waals surface area contributed by atoms with E-state index in [9.17, 15) is 14.4 Å². The van der Waals surface area contributed by atoms with Gasteiger partial charge in [0.15, 0.2) is 0 Å². The van der Waals surface area contributed by atoms with Crippen LogP contribution in [0, 0.1) is 6.92 Å². The van der Waals surface area contributed by atoms with Gasteiger partial charge in [0.2, 0.25) is 5.91 Å². The average molecular weight is 367 g/mol. The van der Waals surface area contributed by atoms with Crippen LogP contribution in [0.4, 0.5) is 10.5 Å². The molecule has 0 unspecified atom stereocenters. The number of anilines is 1. The summed E-state index contributed by atoms with van der Waals surface area (Å²) < 4.78 is 5.23. The van der Waals surface area contributed by atoms with Crippen molar-refractivity contribution in [2.24, 2.45) is 0 Å². The van der Waals surface area contributed by atoms with Crippen LogP contribution in [0.15, 0.2) is 48.5 Å². The van der Waals surface area contributed by atoms with Crippen molar-refractivity contribution >= 4 is 23.5 Å². The van der Waals surface area contributed by atoms with Crippen molar-refractivity contribution in [1.82, 2.24) is 10.2 Å². The van der Waals surface area contributed by atoms with Gasteiger partial charge in [0.1, 0.15) is 17.8 Å². The van der Waals surface area contributed by atoms with Crippen LogP contribution < -0.4 is 15.4 Å². The molecule has 2 aromatic rings. The van der Waals surface area contributed by atoms with Gasteiger partial charge in [-0.3, -0.25) is 14.5 Å². The van der Waals surface area contributed by atoms with E-state index >= 15 is 0 Å². The fourth-order valence-electron chi connectivity index (χ4n) is 3.06. The molecule has 27 heavy (non-hydrogen) atoms. The summed E-state index contributed by atoms with van der Waals surface area (Å²) in [4.78, 5) is 38.5. The molecule has 0 aliphatic carbocycles. The monoisotopic (exact) mass is 367 g/mol. The molecule has 2 N–H and O–H groups in total. The normalized spacial score (nSPS) is 19.0. The molecule has 140 valence electrons. The molecule has 0 aromatic heterocycles. The second-order valence-corrected chi connectivity index (χ2v) is 6.56. The summed E-state index contributed by atoms with van der Waals surface area (Å²) in [5, 5.41) is 5.38. The molecule has 2 aromatic carbocycles. The Labute approximate surface area is 157 Å². The first kappa shape index (κ1) is 18.4. The Morgan fingerprint density at radius 2 is 1.89 bits per heavy atom. The molecule has 1 atom stereocenters. The molecular weight excluding hydrogens is 346 g/mol. The van der Waals surface area contributed by atoms with Crippen molar-refractivity contribution in [3.63, 3.8) is 0 Å². The second kappa shape index (κ2) is 7.11. The van der Waals surface area contributed by atoms with Gasteiger partial charge in [-0.15, -0.1) is 0 Å². The molecule has 1 heterocycles. The minimum absolute atomic E-state index is 0.385. The highest BCUT2D eigenvalue weighted by atomic mass is 16.5. The van der Waals surface area contributed by atoms with E-state index in [1.54, 1.807) is 43.3 Å². The molecule has 0 saturated carbocycles. The number of aryl methyl sites for hydroxylation is 1. The van der Waals surface area contributed by atoms with Crippen LogP contribution in [0.2, 0.25) is 0 Å².